The number of thioether (sulfide) groups is 2. The predicted octanol–water partition coefficient (Wildman–Crippen LogP) is 4.17. The van der Waals surface area contributed by atoms with E-state index in [1.165, 1.54) is 16.7 Å². The molecule has 26 heavy (non-hydrogen) atoms. The maximum absolute atomic E-state index is 7.22. The number of hydrogen-bond acceptors (Lipinski definition) is 7. The van der Waals surface area contributed by atoms with Gasteiger partial charge >= 0.3 is 0 Å². The monoisotopic (exact) mass is 410 g/mol. The molecule has 0 radical (unpaired) electrons. The molecule has 0 bridgehead atoms. The van der Waals surface area contributed by atoms with Crippen molar-refractivity contribution in [3.8, 4) is 0 Å². The van der Waals surface area contributed by atoms with Crippen LogP contribution in [0.3, 0.4) is 0 Å². The van der Waals surface area contributed by atoms with Gasteiger partial charge in [-0.15, -0.1) is 11.8 Å². The SMILES string of the molecule is Cc1nc(C)c(Cl)c(NCc2nccc(SCCCSC(=N)N)c2C)n1. The van der Waals surface area contributed by atoms with Crippen LogP contribution < -0.4 is 11.1 Å². The van der Waals surface area contributed by atoms with Crippen LogP contribution in [0.25, 0.3) is 0 Å². The van der Waals surface area contributed by atoms with Crippen molar-refractivity contribution in [1.29, 1.82) is 5.41 Å². The molecule has 0 amide bonds. The zero-order valence-corrected chi connectivity index (χ0v) is 17.5. The number of nitrogens with one attached hydrogen (secondary N) is 2. The van der Waals surface area contributed by atoms with Crippen LogP contribution in [0.4, 0.5) is 5.82 Å². The van der Waals surface area contributed by atoms with Crippen molar-refractivity contribution in [3.05, 3.63) is 40.1 Å². The molecule has 4 N–H and O–H groups in total. The number of anilines is 1. The molecular weight excluding hydrogens is 388 g/mol. The summed E-state index contributed by atoms with van der Waals surface area (Å²) < 4.78 is 0. The third kappa shape index (κ3) is 6.03. The van der Waals surface area contributed by atoms with Crippen molar-refractivity contribution in [1.82, 2.24) is 15.0 Å². The van der Waals surface area contributed by atoms with Crippen LogP contribution in [0.1, 0.15) is 29.2 Å². The fourth-order valence-corrected chi connectivity index (χ4v) is 4.14. The summed E-state index contributed by atoms with van der Waals surface area (Å²) in [7, 11) is 0. The first-order valence-corrected chi connectivity index (χ1v) is 10.5. The third-order valence-corrected chi connectivity index (χ3v) is 6.12. The first-order chi connectivity index (χ1) is 12.4. The zero-order valence-electron chi connectivity index (χ0n) is 15.1. The Morgan fingerprint density at radius 3 is 2.77 bits per heavy atom. The number of pyridine rings is 1. The molecule has 0 saturated heterocycles. The van der Waals surface area contributed by atoms with Crippen LogP contribution >= 0.6 is 35.1 Å². The molecule has 2 aromatic rings. The maximum atomic E-state index is 7.22. The smallest absolute Gasteiger partial charge is 0.151 e. The van der Waals surface area contributed by atoms with Gasteiger partial charge in [-0.05, 0) is 44.6 Å². The Balaban J connectivity index is 1.97. The highest BCUT2D eigenvalue weighted by molar-refractivity contribution is 8.13. The van der Waals surface area contributed by atoms with Crippen molar-refractivity contribution in [3.63, 3.8) is 0 Å². The van der Waals surface area contributed by atoms with Crippen LogP contribution in [-0.4, -0.2) is 31.6 Å². The van der Waals surface area contributed by atoms with Crippen LogP contribution in [0.2, 0.25) is 5.02 Å². The van der Waals surface area contributed by atoms with E-state index in [0.29, 0.717) is 23.2 Å². The van der Waals surface area contributed by atoms with Gasteiger partial charge < -0.3 is 11.1 Å². The van der Waals surface area contributed by atoms with E-state index in [2.05, 4.69) is 27.2 Å². The van der Waals surface area contributed by atoms with Gasteiger partial charge in [-0.1, -0.05) is 23.4 Å². The van der Waals surface area contributed by atoms with Gasteiger partial charge in [0.25, 0.3) is 0 Å². The Morgan fingerprint density at radius 2 is 2.04 bits per heavy atom. The van der Waals surface area contributed by atoms with E-state index >= 15 is 0 Å². The van der Waals surface area contributed by atoms with Gasteiger partial charge in [-0.3, -0.25) is 10.4 Å². The molecule has 0 aliphatic heterocycles. The number of amidine groups is 1. The molecule has 0 unspecified atom stereocenters. The fraction of sp³-hybridized carbons (Fsp3) is 0.412. The Labute approximate surface area is 167 Å². The molecule has 0 aromatic carbocycles. The minimum absolute atomic E-state index is 0.178. The van der Waals surface area contributed by atoms with E-state index < -0.39 is 0 Å². The molecular formula is C17H23ClN6S2. The molecule has 0 fully saturated rings. The highest BCUT2D eigenvalue weighted by atomic mass is 35.5. The summed E-state index contributed by atoms with van der Waals surface area (Å²) in [6, 6.07) is 2.04. The number of halogens is 1. The Bertz CT molecular complexity index is 784. The molecule has 140 valence electrons. The van der Waals surface area contributed by atoms with Crippen LogP contribution in [0.5, 0.6) is 0 Å². The summed E-state index contributed by atoms with van der Waals surface area (Å²) in [4.78, 5) is 14.3. The molecule has 0 spiro atoms. The Morgan fingerprint density at radius 1 is 1.27 bits per heavy atom. The van der Waals surface area contributed by atoms with Gasteiger partial charge in [0.15, 0.2) is 5.17 Å². The molecule has 2 aromatic heterocycles. The van der Waals surface area contributed by atoms with Gasteiger partial charge in [0, 0.05) is 16.8 Å². The Kier molecular flexibility index (Phi) is 7.99. The lowest BCUT2D eigenvalue weighted by atomic mass is 10.2. The van der Waals surface area contributed by atoms with Crippen molar-refractivity contribution in [2.45, 2.75) is 38.6 Å². The standard InChI is InChI=1S/C17H23ClN6S2/c1-10-13(9-22-16-15(18)11(2)23-12(3)24-16)21-6-5-14(10)25-7-4-8-26-17(19)20/h5-6H,4,7-9H2,1-3H3,(H3,19,20)(H,22,23,24). The highest BCUT2D eigenvalue weighted by Crippen LogP contribution is 2.26. The van der Waals surface area contributed by atoms with E-state index in [0.717, 1.165) is 34.9 Å². The number of rotatable bonds is 8. The summed E-state index contributed by atoms with van der Waals surface area (Å²) in [6.07, 6.45) is 2.83. The minimum Gasteiger partial charge on any atom is -0.379 e. The normalized spacial score (nSPS) is 10.8. The maximum Gasteiger partial charge on any atom is 0.151 e. The van der Waals surface area contributed by atoms with Crippen molar-refractivity contribution < 1.29 is 0 Å². The van der Waals surface area contributed by atoms with Gasteiger partial charge in [0.1, 0.15) is 16.7 Å². The first-order valence-electron chi connectivity index (χ1n) is 8.17. The second-order valence-electron chi connectivity index (χ2n) is 5.67. The van der Waals surface area contributed by atoms with E-state index in [9.17, 15) is 0 Å². The molecule has 9 heteroatoms. The molecule has 2 rings (SSSR count). The quantitative estimate of drug-likeness (QED) is 0.260. The van der Waals surface area contributed by atoms with Crippen LogP contribution in [-0.2, 0) is 6.54 Å². The number of aromatic nitrogens is 3. The lowest BCUT2D eigenvalue weighted by molar-refractivity contribution is 0.954. The topological polar surface area (TPSA) is 101 Å². The largest absolute Gasteiger partial charge is 0.379 e. The number of aryl methyl sites for hydroxylation is 2. The van der Waals surface area contributed by atoms with E-state index in [1.807, 2.05) is 26.1 Å². The average molecular weight is 411 g/mol. The second-order valence-corrected chi connectivity index (χ2v) is 8.32. The highest BCUT2D eigenvalue weighted by Gasteiger charge is 2.10. The second kappa shape index (κ2) is 9.99. The van der Waals surface area contributed by atoms with Gasteiger partial charge in [0.05, 0.1) is 17.9 Å². The van der Waals surface area contributed by atoms with Gasteiger partial charge in [-0.25, -0.2) is 9.97 Å². The Hall–Kier alpha value is -1.51. The summed E-state index contributed by atoms with van der Waals surface area (Å²) in [5, 5.41) is 11.2. The summed E-state index contributed by atoms with van der Waals surface area (Å²) in [6.45, 7) is 6.35. The lowest BCUT2D eigenvalue weighted by Gasteiger charge is -2.13. The van der Waals surface area contributed by atoms with Crippen molar-refractivity contribution in [2.24, 2.45) is 5.73 Å². The predicted molar refractivity (Wildman–Crippen MR) is 113 cm³/mol. The lowest BCUT2D eigenvalue weighted by Crippen LogP contribution is -2.08. The zero-order chi connectivity index (χ0) is 19.1. The number of hydrogen-bond donors (Lipinski definition) is 3. The molecule has 0 aliphatic rings. The molecule has 6 nitrogen and oxygen atoms in total. The minimum atomic E-state index is 0.178. The van der Waals surface area contributed by atoms with E-state index in [4.69, 9.17) is 22.7 Å². The fourth-order valence-electron chi connectivity index (χ4n) is 2.30. The van der Waals surface area contributed by atoms with Crippen molar-refractivity contribution >= 4 is 46.1 Å². The van der Waals surface area contributed by atoms with Crippen molar-refractivity contribution in [2.75, 3.05) is 16.8 Å². The average Bonchev–Trinajstić information content (AvgIpc) is 2.58. The number of nitrogens with zero attached hydrogens (tertiary/aromatic N) is 3. The van der Waals surface area contributed by atoms with E-state index in [1.54, 1.807) is 11.8 Å². The van der Waals surface area contributed by atoms with Gasteiger partial charge in [-0.2, -0.15) is 0 Å². The van der Waals surface area contributed by atoms with E-state index in [-0.39, 0.29) is 5.17 Å². The molecule has 2 heterocycles. The van der Waals surface area contributed by atoms with Crippen LogP contribution in [0, 0.1) is 26.2 Å². The molecule has 0 atom stereocenters. The third-order valence-electron chi connectivity index (χ3n) is 3.61. The molecule has 0 aliphatic carbocycles. The summed E-state index contributed by atoms with van der Waals surface area (Å²) in [5.41, 5.74) is 8.24. The van der Waals surface area contributed by atoms with Gasteiger partial charge in [0.2, 0.25) is 0 Å². The first kappa shape index (κ1) is 20.8. The summed E-state index contributed by atoms with van der Waals surface area (Å²) >= 11 is 9.47. The van der Waals surface area contributed by atoms with Crippen LogP contribution in [0.15, 0.2) is 17.2 Å². The summed E-state index contributed by atoms with van der Waals surface area (Å²) in [5.74, 6) is 3.17. The molecule has 0 saturated carbocycles. The number of nitrogens with two attached hydrogens (primary N) is 1.